The lowest BCUT2D eigenvalue weighted by molar-refractivity contribution is -0.129. The highest BCUT2D eigenvalue weighted by Gasteiger charge is 2.12. The lowest BCUT2D eigenvalue weighted by Gasteiger charge is -2.00. The van der Waals surface area contributed by atoms with Crippen LogP contribution in [0.1, 0.15) is 13.8 Å². The van der Waals surface area contributed by atoms with Gasteiger partial charge in [-0.2, -0.15) is 5.10 Å². The fourth-order valence-corrected chi connectivity index (χ4v) is 0.481. The van der Waals surface area contributed by atoms with Gasteiger partial charge in [0.2, 0.25) is 0 Å². The van der Waals surface area contributed by atoms with Gasteiger partial charge >= 0.3 is 5.97 Å². The number of aliphatic carboxylic acids is 1. The van der Waals surface area contributed by atoms with Gasteiger partial charge in [-0.05, 0) is 0 Å². The van der Waals surface area contributed by atoms with E-state index < -0.39 is 5.97 Å². The highest BCUT2D eigenvalue weighted by Crippen LogP contribution is 1.97. The first-order valence-electron chi connectivity index (χ1n) is 2.86. The summed E-state index contributed by atoms with van der Waals surface area (Å²) in [5, 5.41) is 14.9. The van der Waals surface area contributed by atoms with E-state index in [0.717, 1.165) is 0 Å². The van der Waals surface area contributed by atoms with Crippen LogP contribution in [0, 0.1) is 5.92 Å². The van der Waals surface area contributed by atoms with Crippen molar-refractivity contribution in [2.75, 3.05) is 0 Å². The van der Waals surface area contributed by atoms with E-state index in [9.17, 15) is 4.79 Å². The summed E-state index contributed by atoms with van der Waals surface area (Å²) in [6.45, 7) is 6.53. The molecule has 10 heavy (non-hydrogen) atoms. The second-order valence-corrected chi connectivity index (χ2v) is 2.09. The van der Waals surface area contributed by atoms with Gasteiger partial charge in [0.25, 0.3) is 0 Å². The van der Waals surface area contributed by atoms with Crippen LogP contribution in [0.25, 0.3) is 0 Å². The second-order valence-electron chi connectivity index (χ2n) is 2.09. The van der Waals surface area contributed by atoms with Crippen LogP contribution in [0.3, 0.4) is 0 Å². The van der Waals surface area contributed by atoms with E-state index in [-0.39, 0.29) is 11.6 Å². The lowest BCUT2D eigenvalue weighted by atomic mass is 10.1. The Bertz CT molecular complexity index is 173. The first-order chi connectivity index (χ1) is 4.59. The number of hydrogen-bond acceptors (Lipinski definition) is 3. The van der Waals surface area contributed by atoms with Crippen molar-refractivity contribution in [1.82, 2.24) is 0 Å². The number of carbonyl (C=O) groups is 1. The first kappa shape index (κ1) is 8.81. The maximum atomic E-state index is 10.3. The van der Waals surface area contributed by atoms with E-state index >= 15 is 0 Å². The maximum Gasteiger partial charge on any atom is 0.352 e. The molecule has 1 N–H and O–H groups in total. The molecule has 0 rings (SSSR count). The molecule has 0 atom stereocenters. The summed E-state index contributed by atoms with van der Waals surface area (Å²) < 4.78 is 0. The van der Waals surface area contributed by atoms with E-state index in [1.54, 1.807) is 13.8 Å². The molecule has 0 saturated carbocycles. The third-order valence-electron chi connectivity index (χ3n) is 0.944. The predicted molar refractivity (Wildman–Crippen MR) is 39.5 cm³/mol. The Balaban J connectivity index is 4.41. The highest BCUT2D eigenvalue weighted by atomic mass is 16.4. The van der Waals surface area contributed by atoms with Gasteiger partial charge in [0.15, 0.2) is 5.71 Å². The van der Waals surface area contributed by atoms with Gasteiger partial charge in [0, 0.05) is 12.6 Å². The van der Waals surface area contributed by atoms with Gasteiger partial charge in [0.1, 0.15) is 0 Å². The Hall–Kier alpha value is -1.19. The first-order valence-corrected chi connectivity index (χ1v) is 2.86. The van der Waals surface area contributed by atoms with Crippen LogP contribution in [0.15, 0.2) is 10.2 Å². The summed E-state index contributed by atoms with van der Waals surface area (Å²) in [5.41, 5.74) is 0.0370. The Kier molecular flexibility index (Phi) is 3.32. The molecule has 0 aromatic rings. The third kappa shape index (κ3) is 2.39. The molecule has 4 heteroatoms. The molecule has 0 aromatic heterocycles. The van der Waals surface area contributed by atoms with Crippen LogP contribution in [0.4, 0.5) is 0 Å². The Labute approximate surface area is 59.3 Å². The van der Waals surface area contributed by atoms with Crippen molar-refractivity contribution >= 4 is 18.4 Å². The molecule has 4 nitrogen and oxygen atoms in total. The minimum absolute atomic E-state index is 0.0370. The van der Waals surface area contributed by atoms with Gasteiger partial charge in [0.05, 0.1) is 0 Å². The average Bonchev–Trinajstić information content (AvgIpc) is 1.81. The number of hydrogen-bond donors (Lipinski definition) is 1. The largest absolute Gasteiger partial charge is 0.477 e. The summed E-state index contributed by atoms with van der Waals surface area (Å²) in [6.07, 6.45) is 0. The molecule has 0 radical (unpaired) electrons. The van der Waals surface area contributed by atoms with Gasteiger partial charge in [-0.3, -0.25) is 0 Å². The molecule has 0 heterocycles. The zero-order valence-electron chi connectivity index (χ0n) is 6.03. The van der Waals surface area contributed by atoms with E-state index in [2.05, 4.69) is 16.9 Å². The molecule has 0 aliphatic heterocycles. The summed E-state index contributed by atoms with van der Waals surface area (Å²) in [4.78, 5) is 10.3. The van der Waals surface area contributed by atoms with E-state index in [4.69, 9.17) is 5.11 Å². The van der Waals surface area contributed by atoms with Gasteiger partial charge < -0.3 is 5.11 Å². The van der Waals surface area contributed by atoms with Crippen molar-refractivity contribution in [2.45, 2.75) is 13.8 Å². The average molecular weight is 142 g/mol. The summed E-state index contributed by atoms with van der Waals surface area (Å²) in [7, 11) is 0. The SMILES string of the molecule is C=N/N=C(\C(=O)O)C(C)C. The minimum atomic E-state index is -1.04. The second kappa shape index (κ2) is 3.76. The Morgan fingerprint density at radius 1 is 1.60 bits per heavy atom. The van der Waals surface area contributed by atoms with Crippen molar-refractivity contribution < 1.29 is 9.90 Å². The van der Waals surface area contributed by atoms with Crippen LogP contribution >= 0.6 is 0 Å². The number of nitrogens with zero attached hydrogens (tertiary/aromatic N) is 2. The smallest absolute Gasteiger partial charge is 0.352 e. The molecule has 0 amide bonds. The predicted octanol–water partition coefficient (Wildman–Crippen LogP) is 0.784. The topological polar surface area (TPSA) is 62.0 Å². The van der Waals surface area contributed by atoms with Crippen molar-refractivity contribution in [3.8, 4) is 0 Å². The molecule has 0 saturated heterocycles. The van der Waals surface area contributed by atoms with Crippen molar-refractivity contribution in [2.24, 2.45) is 16.1 Å². The molecular formula is C6H10N2O2. The molecule has 0 aliphatic carbocycles. The fraction of sp³-hybridized carbons (Fsp3) is 0.500. The highest BCUT2D eigenvalue weighted by molar-refractivity contribution is 6.36. The maximum absolute atomic E-state index is 10.3. The summed E-state index contributed by atoms with van der Waals surface area (Å²) >= 11 is 0. The van der Waals surface area contributed by atoms with Gasteiger partial charge in [-0.15, -0.1) is 5.10 Å². The van der Waals surface area contributed by atoms with E-state index in [1.807, 2.05) is 0 Å². The third-order valence-corrected chi connectivity index (χ3v) is 0.944. The quantitative estimate of drug-likeness (QED) is 0.467. The Morgan fingerprint density at radius 3 is 2.20 bits per heavy atom. The molecule has 0 unspecified atom stereocenters. The molecule has 0 aliphatic rings. The molecular weight excluding hydrogens is 132 g/mol. The van der Waals surface area contributed by atoms with Gasteiger partial charge in [-0.1, -0.05) is 13.8 Å². The molecule has 0 bridgehead atoms. The summed E-state index contributed by atoms with van der Waals surface area (Å²) in [6, 6.07) is 0. The zero-order valence-corrected chi connectivity index (χ0v) is 6.03. The number of rotatable bonds is 3. The van der Waals surface area contributed by atoms with Crippen molar-refractivity contribution in [1.29, 1.82) is 0 Å². The van der Waals surface area contributed by atoms with Crippen molar-refractivity contribution in [3.63, 3.8) is 0 Å². The molecule has 56 valence electrons. The van der Waals surface area contributed by atoms with Crippen LogP contribution in [0.5, 0.6) is 0 Å². The van der Waals surface area contributed by atoms with E-state index in [1.165, 1.54) is 0 Å². The number of carboxylic acids is 1. The van der Waals surface area contributed by atoms with Gasteiger partial charge in [-0.25, -0.2) is 4.79 Å². The normalized spacial score (nSPS) is 11.7. The monoisotopic (exact) mass is 142 g/mol. The van der Waals surface area contributed by atoms with Crippen LogP contribution in [-0.4, -0.2) is 23.5 Å². The molecule has 0 aromatic carbocycles. The fourth-order valence-electron chi connectivity index (χ4n) is 0.481. The zero-order chi connectivity index (χ0) is 8.15. The lowest BCUT2D eigenvalue weighted by Crippen LogP contribution is -2.18. The summed E-state index contributed by atoms with van der Waals surface area (Å²) in [5.74, 6) is -1.16. The van der Waals surface area contributed by atoms with Crippen molar-refractivity contribution in [3.05, 3.63) is 0 Å². The molecule has 0 fully saturated rings. The number of carboxylic acid groups (broad SMARTS) is 1. The molecule has 0 spiro atoms. The Morgan fingerprint density at radius 2 is 2.10 bits per heavy atom. The van der Waals surface area contributed by atoms with Crippen LogP contribution in [0.2, 0.25) is 0 Å². The van der Waals surface area contributed by atoms with Crippen LogP contribution in [-0.2, 0) is 4.79 Å². The van der Waals surface area contributed by atoms with E-state index in [0.29, 0.717) is 0 Å². The minimum Gasteiger partial charge on any atom is -0.477 e. The standard InChI is InChI=1S/C6H10N2O2/c1-4(2)5(6(9)10)8-7-3/h4H,3H2,1-2H3,(H,9,10)/b8-5-. The van der Waals surface area contributed by atoms with Crippen LogP contribution < -0.4 is 0 Å².